The normalized spacial score (nSPS) is 10.5. The summed E-state index contributed by atoms with van der Waals surface area (Å²) in [5.74, 6) is 0.694. The number of para-hydroxylation sites is 1. The Kier molecular flexibility index (Phi) is 4.88. The van der Waals surface area contributed by atoms with Crippen molar-refractivity contribution in [2.45, 2.75) is 13.8 Å². The van der Waals surface area contributed by atoms with Crippen LogP contribution in [0.3, 0.4) is 0 Å². The topological polar surface area (TPSA) is 86.5 Å². The van der Waals surface area contributed by atoms with Gasteiger partial charge in [0.25, 0.3) is 5.91 Å². The molecule has 7 nitrogen and oxygen atoms in total. The number of carbonyl (C=O) groups is 1. The van der Waals surface area contributed by atoms with E-state index >= 15 is 0 Å². The maximum Gasteiger partial charge on any atom is 0.322 e. The van der Waals surface area contributed by atoms with E-state index in [4.69, 9.17) is 13.9 Å². The second-order valence-electron chi connectivity index (χ2n) is 5.71. The molecule has 0 saturated carbocycles. The molecule has 134 valence electrons. The zero-order chi connectivity index (χ0) is 18.7. The molecule has 0 aliphatic carbocycles. The van der Waals surface area contributed by atoms with Gasteiger partial charge >= 0.3 is 6.01 Å². The Morgan fingerprint density at radius 3 is 2.54 bits per heavy atom. The SMILES string of the molecule is COc1cccc(C(=O)Nc2nnc(-c3ccc(C)c(C)c3)o2)c1OC. The molecule has 0 unspecified atom stereocenters. The van der Waals surface area contributed by atoms with E-state index < -0.39 is 5.91 Å². The van der Waals surface area contributed by atoms with E-state index in [2.05, 4.69) is 15.5 Å². The van der Waals surface area contributed by atoms with Crippen LogP contribution >= 0.6 is 0 Å². The van der Waals surface area contributed by atoms with Crippen LogP contribution in [0.15, 0.2) is 40.8 Å². The van der Waals surface area contributed by atoms with Crippen LogP contribution in [0.5, 0.6) is 11.5 Å². The maximum atomic E-state index is 12.5. The number of carbonyl (C=O) groups excluding carboxylic acids is 1. The quantitative estimate of drug-likeness (QED) is 0.754. The van der Waals surface area contributed by atoms with E-state index in [0.29, 0.717) is 23.0 Å². The number of rotatable bonds is 5. The first kappa shape index (κ1) is 17.5. The molecular weight excluding hydrogens is 334 g/mol. The van der Waals surface area contributed by atoms with Crippen molar-refractivity contribution in [1.82, 2.24) is 10.2 Å². The van der Waals surface area contributed by atoms with Crippen LogP contribution in [-0.4, -0.2) is 30.3 Å². The Morgan fingerprint density at radius 1 is 1.04 bits per heavy atom. The first-order valence-corrected chi connectivity index (χ1v) is 7.97. The van der Waals surface area contributed by atoms with Crippen LogP contribution in [-0.2, 0) is 0 Å². The van der Waals surface area contributed by atoms with Crippen molar-refractivity contribution in [3.05, 3.63) is 53.1 Å². The second kappa shape index (κ2) is 7.26. The van der Waals surface area contributed by atoms with Crippen molar-refractivity contribution < 1.29 is 18.7 Å². The molecule has 3 rings (SSSR count). The van der Waals surface area contributed by atoms with Gasteiger partial charge in [-0.25, -0.2) is 0 Å². The first-order chi connectivity index (χ1) is 12.5. The zero-order valence-corrected chi connectivity index (χ0v) is 15.0. The fraction of sp³-hybridized carbons (Fsp3) is 0.211. The number of benzene rings is 2. The number of aryl methyl sites for hydroxylation is 2. The van der Waals surface area contributed by atoms with Crippen molar-refractivity contribution in [2.75, 3.05) is 19.5 Å². The van der Waals surface area contributed by atoms with E-state index in [0.717, 1.165) is 11.1 Å². The van der Waals surface area contributed by atoms with Gasteiger partial charge < -0.3 is 13.9 Å². The predicted octanol–water partition coefficient (Wildman–Crippen LogP) is 3.62. The van der Waals surface area contributed by atoms with Crippen LogP contribution < -0.4 is 14.8 Å². The van der Waals surface area contributed by atoms with Gasteiger partial charge in [0.05, 0.1) is 19.8 Å². The van der Waals surface area contributed by atoms with Gasteiger partial charge in [0.1, 0.15) is 0 Å². The molecule has 1 aromatic heterocycles. The van der Waals surface area contributed by atoms with Crippen LogP contribution in [0.25, 0.3) is 11.5 Å². The summed E-state index contributed by atoms with van der Waals surface area (Å²) in [6.07, 6.45) is 0. The van der Waals surface area contributed by atoms with E-state index in [9.17, 15) is 4.79 Å². The summed E-state index contributed by atoms with van der Waals surface area (Å²) < 4.78 is 16.0. The maximum absolute atomic E-state index is 12.5. The summed E-state index contributed by atoms with van der Waals surface area (Å²) in [5.41, 5.74) is 3.39. The average Bonchev–Trinajstić information content (AvgIpc) is 3.11. The van der Waals surface area contributed by atoms with Gasteiger partial charge in [-0.15, -0.1) is 5.10 Å². The average molecular weight is 353 g/mol. The molecule has 0 aliphatic rings. The Bertz CT molecular complexity index is 950. The lowest BCUT2D eigenvalue weighted by Gasteiger charge is -2.11. The molecule has 0 bridgehead atoms. The highest BCUT2D eigenvalue weighted by Crippen LogP contribution is 2.31. The molecule has 0 aliphatic heterocycles. The Hall–Kier alpha value is -3.35. The number of anilines is 1. The van der Waals surface area contributed by atoms with Crippen molar-refractivity contribution >= 4 is 11.9 Å². The summed E-state index contributed by atoms with van der Waals surface area (Å²) in [6, 6.07) is 10.9. The third-order valence-electron chi connectivity index (χ3n) is 4.05. The van der Waals surface area contributed by atoms with Crippen LogP contribution in [0, 0.1) is 13.8 Å². The molecule has 7 heteroatoms. The fourth-order valence-electron chi connectivity index (χ4n) is 2.50. The number of methoxy groups -OCH3 is 2. The fourth-order valence-corrected chi connectivity index (χ4v) is 2.50. The number of hydrogen-bond donors (Lipinski definition) is 1. The van der Waals surface area contributed by atoms with Crippen molar-refractivity contribution in [2.24, 2.45) is 0 Å². The lowest BCUT2D eigenvalue weighted by atomic mass is 10.1. The molecule has 1 heterocycles. The summed E-state index contributed by atoms with van der Waals surface area (Å²) >= 11 is 0. The van der Waals surface area contributed by atoms with Crippen LogP contribution in [0.4, 0.5) is 6.01 Å². The van der Waals surface area contributed by atoms with Gasteiger partial charge in [0.15, 0.2) is 11.5 Å². The van der Waals surface area contributed by atoms with Gasteiger partial charge in [-0.2, -0.15) is 0 Å². The predicted molar refractivity (Wildman–Crippen MR) is 96.7 cm³/mol. The molecule has 2 aromatic carbocycles. The Morgan fingerprint density at radius 2 is 1.85 bits per heavy atom. The molecule has 1 N–H and O–H groups in total. The van der Waals surface area contributed by atoms with Crippen molar-refractivity contribution in [3.63, 3.8) is 0 Å². The van der Waals surface area contributed by atoms with E-state index in [1.807, 2.05) is 32.0 Å². The van der Waals surface area contributed by atoms with E-state index in [1.165, 1.54) is 19.8 Å². The zero-order valence-electron chi connectivity index (χ0n) is 15.0. The highest BCUT2D eigenvalue weighted by atomic mass is 16.5. The second-order valence-corrected chi connectivity index (χ2v) is 5.71. The highest BCUT2D eigenvalue weighted by Gasteiger charge is 2.19. The van der Waals surface area contributed by atoms with Gasteiger partial charge in [-0.05, 0) is 49.2 Å². The summed E-state index contributed by atoms with van der Waals surface area (Å²) in [7, 11) is 2.98. The summed E-state index contributed by atoms with van der Waals surface area (Å²) in [5, 5.41) is 10.5. The Labute approximate surface area is 151 Å². The lowest BCUT2D eigenvalue weighted by Crippen LogP contribution is -2.13. The minimum absolute atomic E-state index is 0.00750. The molecule has 3 aromatic rings. The molecular formula is C19H19N3O4. The number of nitrogens with one attached hydrogen (secondary N) is 1. The van der Waals surface area contributed by atoms with Gasteiger partial charge in [-0.1, -0.05) is 17.2 Å². The third kappa shape index (κ3) is 3.37. The number of ether oxygens (including phenoxy) is 2. The van der Waals surface area contributed by atoms with Gasteiger partial charge in [0.2, 0.25) is 5.89 Å². The smallest absolute Gasteiger partial charge is 0.322 e. The number of aromatic nitrogens is 2. The molecule has 26 heavy (non-hydrogen) atoms. The largest absolute Gasteiger partial charge is 0.493 e. The van der Waals surface area contributed by atoms with Gasteiger partial charge in [-0.3, -0.25) is 10.1 Å². The molecule has 0 radical (unpaired) electrons. The molecule has 1 amide bonds. The number of amides is 1. The summed E-state index contributed by atoms with van der Waals surface area (Å²) in [4.78, 5) is 12.5. The first-order valence-electron chi connectivity index (χ1n) is 7.97. The third-order valence-corrected chi connectivity index (χ3v) is 4.05. The van der Waals surface area contributed by atoms with Crippen molar-refractivity contribution in [1.29, 1.82) is 0 Å². The number of nitrogens with zero attached hydrogens (tertiary/aromatic N) is 2. The molecule has 0 saturated heterocycles. The van der Waals surface area contributed by atoms with Crippen LogP contribution in [0.1, 0.15) is 21.5 Å². The standard InChI is InChI=1S/C19H19N3O4/c1-11-8-9-13(10-12(11)2)18-21-22-19(26-18)20-17(23)14-6-5-7-15(24-3)16(14)25-4/h5-10H,1-4H3,(H,20,22,23). The van der Waals surface area contributed by atoms with E-state index in [1.54, 1.807) is 18.2 Å². The highest BCUT2D eigenvalue weighted by molar-refractivity contribution is 6.05. The summed E-state index contributed by atoms with van der Waals surface area (Å²) in [6.45, 7) is 4.03. The van der Waals surface area contributed by atoms with Crippen molar-refractivity contribution in [3.8, 4) is 23.0 Å². The molecule has 0 spiro atoms. The molecule has 0 atom stereocenters. The van der Waals surface area contributed by atoms with Crippen LogP contribution in [0.2, 0.25) is 0 Å². The van der Waals surface area contributed by atoms with E-state index in [-0.39, 0.29) is 6.01 Å². The Balaban J connectivity index is 1.83. The minimum Gasteiger partial charge on any atom is -0.493 e. The monoisotopic (exact) mass is 353 g/mol. The molecule has 0 fully saturated rings. The van der Waals surface area contributed by atoms with Gasteiger partial charge in [0, 0.05) is 5.56 Å². The lowest BCUT2D eigenvalue weighted by molar-refractivity contribution is 0.102. The number of hydrogen-bond acceptors (Lipinski definition) is 6. The minimum atomic E-state index is -0.434.